The predicted molar refractivity (Wildman–Crippen MR) is 99.1 cm³/mol. The molecule has 1 aliphatic heterocycles. The number of likely N-dealkylation sites (tertiary alicyclic amines) is 1. The number of amides is 1. The molecule has 0 saturated carbocycles. The number of ether oxygens (including phenoxy) is 1. The lowest BCUT2D eigenvalue weighted by Gasteiger charge is -2.32. The van der Waals surface area contributed by atoms with Gasteiger partial charge < -0.3 is 14.1 Å². The SMILES string of the molecule is CC(Oc1ccc(F)cc1)C(=O)N1CCC(c2nc3ccccc3o2)CC1. The number of halogens is 1. The number of aromatic nitrogens is 1. The molecule has 0 spiro atoms. The van der Waals surface area contributed by atoms with Crippen molar-refractivity contribution in [2.45, 2.75) is 31.8 Å². The lowest BCUT2D eigenvalue weighted by atomic mass is 9.96. The molecule has 0 N–H and O–H groups in total. The van der Waals surface area contributed by atoms with E-state index in [0.717, 1.165) is 29.8 Å². The van der Waals surface area contributed by atoms with E-state index < -0.39 is 6.10 Å². The average molecular weight is 368 g/mol. The van der Waals surface area contributed by atoms with Gasteiger partial charge in [0.25, 0.3) is 5.91 Å². The average Bonchev–Trinajstić information content (AvgIpc) is 3.13. The van der Waals surface area contributed by atoms with Crippen molar-refractivity contribution >= 4 is 17.0 Å². The van der Waals surface area contributed by atoms with Gasteiger partial charge in [-0.05, 0) is 56.2 Å². The molecule has 140 valence electrons. The van der Waals surface area contributed by atoms with Gasteiger partial charge in [0.05, 0.1) is 0 Å². The molecule has 2 heterocycles. The molecular formula is C21H21FN2O3. The summed E-state index contributed by atoms with van der Waals surface area (Å²) in [6, 6.07) is 13.4. The predicted octanol–water partition coefficient (Wildman–Crippen LogP) is 4.14. The van der Waals surface area contributed by atoms with Gasteiger partial charge in [-0.2, -0.15) is 0 Å². The fourth-order valence-corrected chi connectivity index (χ4v) is 3.44. The largest absolute Gasteiger partial charge is 0.481 e. The van der Waals surface area contributed by atoms with E-state index in [-0.39, 0.29) is 17.6 Å². The topological polar surface area (TPSA) is 55.6 Å². The number of oxazole rings is 1. The minimum atomic E-state index is -0.615. The van der Waals surface area contributed by atoms with E-state index in [1.807, 2.05) is 29.2 Å². The van der Waals surface area contributed by atoms with Crippen LogP contribution in [0.25, 0.3) is 11.1 Å². The first-order chi connectivity index (χ1) is 13.1. The molecule has 1 fully saturated rings. The second-order valence-corrected chi connectivity index (χ2v) is 6.83. The van der Waals surface area contributed by atoms with E-state index in [1.54, 1.807) is 6.92 Å². The van der Waals surface area contributed by atoms with Gasteiger partial charge in [0, 0.05) is 19.0 Å². The molecule has 1 amide bonds. The van der Waals surface area contributed by atoms with E-state index in [9.17, 15) is 9.18 Å². The number of para-hydroxylation sites is 2. The number of fused-ring (bicyclic) bond motifs is 1. The first kappa shape index (κ1) is 17.5. The van der Waals surface area contributed by atoms with Gasteiger partial charge in [-0.25, -0.2) is 9.37 Å². The van der Waals surface area contributed by atoms with E-state index in [1.165, 1.54) is 24.3 Å². The van der Waals surface area contributed by atoms with E-state index in [2.05, 4.69) is 4.98 Å². The highest BCUT2D eigenvalue weighted by Gasteiger charge is 2.29. The van der Waals surface area contributed by atoms with Crippen molar-refractivity contribution in [3.8, 4) is 5.75 Å². The highest BCUT2D eigenvalue weighted by Crippen LogP contribution is 2.30. The van der Waals surface area contributed by atoms with E-state index in [4.69, 9.17) is 9.15 Å². The second-order valence-electron chi connectivity index (χ2n) is 6.83. The smallest absolute Gasteiger partial charge is 0.263 e. The second kappa shape index (κ2) is 7.39. The Morgan fingerprint density at radius 2 is 1.89 bits per heavy atom. The molecule has 4 rings (SSSR count). The number of hydrogen-bond acceptors (Lipinski definition) is 4. The number of hydrogen-bond donors (Lipinski definition) is 0. The lowest BCUT2D eigenvalue weighted by Crippen LogP contribution is -2.44. The van der Waals surface area contributed by atoms with Crippen LogP contribution in [0.4, 0.5) is 4.39 Å². The lowest BCUT2D eigenvalue weighted by molar-refractivity contribution is -0.139. The summed E-state index contributed by atoms with van der Waals surface area (Å²) in [5, 5.41) is 0. The van der Waals surface area contributed by atoms with Gasteiger partial charge in [-0.3, -0.25) is 4.79 Å². The molecule has 1 unspecified atom stereocenters. The quantitative estimate of drug-likeness (QED) is 0.694. The molecule has 0 radical (unpaired) electrons. The summed E-state index contributed by atoms with van der Waals surface area (Å²) >= 11 is 0. The minimum Gasteiger partial charge on any atom is -0.481 e. The van der Waals surface area contributed by atoms with Crippen molar-refractivity contribution in [2.75, 3.05) is 13.1 Å². The Balaban J connectivity index is 1.35. The molecular weight excluding hydrogens is 347 g/mol. The summed E-state index contributed by atoms with van der Waals surface area (Å²) in [4.78, 5) is 19.0. The Bertz CT molecular complexity index is 897. The zero-order chi connectivity index (χ0) is 18.8. The van der Waals surface area contributed by atoms with Crippen LogP contribution in [0.5, 0.6) is 5.75 Å². The number of carbonyl (C=O) groups excluding carboxylic acids is 1. The third kappa shape index (κ3) is 3.79. The van der Waals surface area contributed by atoms with Gasteiger partial charge in [0.1, 0.15) is 17.1 Å². The summed E-state index contributed by atoms with van der Waals surface area (Å²) < 4.78 is 24.5. The first-order valence-electron chi connectivity index (χ1n) is 9.16. The van der Waals surface area contributed by atoms with Crippen LogP contribution in [0.1, 0.15) is 31.6 Å². The summed E-state index contributed by atoms with van der Waals surface area (Å²) in [5.74, 6) is 1.06. The number of piperidine rings is 1. The van der Waals surface area contributed by atoms with Gasteiger partial charge in [-0.1, -0.05) is 12.1 Å². The van der Waals surface area contributed by atoms with Gasteiger partial charge in [0.2, 0.25) is 0 Å². The molecule has 1 aliphatic rings. The molecule has 1 aromatic heterocycles. The van der Waals surface area contributed by atoms with Crippen LogP contribution in [0, 0.1) is 5.82 Å². The number of rotatable bonds is 4. The van der Waals surface area contributed by atoms with Crippen LogP contribution >= 0.6 is 0 Å². The Morgan fingerprint density at radius 1 is 1.19 bits per heavy atom. The summed E-state index contributed by atoms with van der Waals surface area (Å²) in [6.07, 6.45) is 1.00. The van der Waals surface area contributed by atoms with Crippen molar-refractivity contribution in [3.05, 3.63) is 60.2 Å². The fourth-order valence-electron chi connectivity index (χ4n) is 3.44. The molecule has 3 aromatic rings. The van der Waals surface area contributed by atoms with Crippen LogP contribution in [-0.2, 0) is 4.79 Å². The molecule has 1 saturated heterocycles. The zero-order valence-electron chi connectivity index (χ0n) is 15.1. The summed E-state index contributed by atoms with van der Waals surface area (Å²) in [6.45, 7) is 3.00. The van der Waals surface area contributed by atoms with Crippen molar-refractivity contribution < 1.29 is 18.3 Å². The Hall–Kier alpha value is -2.89. The van der Waals surface area contributed by atoms with Crippen molar-refractivity contribution in [3.63, 3.8) is 0 Å². The minimum absolute atomic E-state index is 0.0599. The molecule has 0 bridgehead atoms. The third-order valence-corrected chi connectivity index (χ3v) is 4.94. The van der Waals surface area contributed by atoms with Crippen LogP contribution in [-0.4, -0.2) is 35.0 Å². The fraction of sp³-hybridized carbons (Fsp3) is 0.333. The maximum absolute atomic E-state index is 13.0. The van der Waals surface area contributed by atoms with Gasteiger partial charge in [0.15, 0.2) is 17.6 Å². The van der Waals surface area contributed by atoms with Crippen molar-refractivity contribution in [1.82, 2.24) is 9.88 Å². The van der Waals surface area contributed by atoms with Gasteiger partial charge in [-0.15, -0.1) is 0 Å². The Labute approximate surface area is 156 Å². The molecule has 0 aliphatic carbocycles. The van der Waals surface area contributed by atoms with Crippen LogP contribution in [0.2, 0.25) is 0 Å². The monoisotopic (exact) mass is 368 g/mol. The molecule has 27 heavy (non-hydrogen) atoms. The number of carbonyl (C=O) groups is 1. The maximum atomic E-state index is 13.0. The van der Waals surface area contributed by atoms with Crippen molar-refractivity contribution in [2.24, 2.45) is 0 Å². The highest BCUT2D eigenvalue weighted by molar-refractivity contribution is 5.81. The van der Waals surface area contributed by atoms with Crippen LogP contribution in [0.3, 0.4) is 0 Å². The number of nitrogens with zero attached hydrogens (tertiary/aromatic N) is 2. The molecule has 1 atom stereocenters. The molecule has 5 nitrogen and oxygen atoms in total. The van der Waals surface area contributed by atoms with Crippen molar-refractivity contribution in [1.29, 1.82) is 0 Å². The van der Waals surface area contributed by atoms with Gasteiger partial charge >= 0.3 is 0 Å². The highest BCUT2D eigenvalue weighted by atomic mass is 19.1. The van der Waals surface area contributed by atoms with Crippen LogP contribution in [0.15, 0.2) is 52.9 Å². The summed E-state index contributed by atoms with van der Waals surface area (Å²) in [7, 11) is 0. The normalized spacial score (nSPS) is 16.4. The molecule has 2 aromatic carbocycles. The molecule has 6 heteroatoms. The number of benzene rings is 2. The zero-order valence-corrected chi connectivity index (χ0v) is 15.1. The third-order valence-electron chi connectivity index (χ3n) is 4.94. The van der Waals surface area contributed by atoms with Crippen LogP contribution < -0.4 is 4.74 Å². The maximum Gasteiger partial charge on any atom is 0.263 e. The standard InChI is InChI=1S/C21H21FN2O3/c1-14(26-17-8-6-16(22)7-9-17)21(25)24-12-10-15(11-13-24)20-23-18-4-2-3-5-19(18)27-20/h2-9,14-15H,10-13H2,1H3. The van der Waals surface area contributed by atoms with E-state index in [0.29, 0.717) is 18.8 Å². The Morgan fingerprint density at radius 3 is 2.59 bits per heavy atom. The Kier molecular flexibility index (Phi) is 4.79. The van der Waals surface area contributed by atoms with E-state index >= 15 is 0 Å². The first-order valence-corrected chi connectivity index (χ1v) is 9.16. The summed E-state index contributed by atoms with van der Waals surface area (Å²) in [5.41, 5.74) is 1.67.